The Kier molecular flexibility index (Phi) is 8.58. The Bertz CT molecular complexity index is 1120. The molecule has 2 aliphatic rings. The van der Waals surface area contributed by atoms with Gasteiger partial charge in [-0.2, -0.15) is 26.3 Å². The van der Waals surface area contributed by atoms with Crippen LogP contribution in [-0.2, 0) is 22.6 Å². The van der Waals surface area contributed by atoms with Crippen molar-refractivity contribution < 1.29 is 35.9 Å². The Morgan fingerprint density at radius 2 is 1.41 bits per heavy atom. The second-order valence-electron chi connectivity index (χ2n) is 10.4. The highest BCUT2D eigenvalue weighted by Gasteiger charge is 2.42. The number of rotatable bonds is 6. The molecule has 4 rings (SSSR count). The largest absolute Gasteiger partial charge is 0.416 e. The number of benzene rings is 2. The summed E-state index contributed by atoms with van der Waals surface area (Å²) in [6.07, 6.45) is -6.03. The van der Waals surface area contributed by atoms with E-state index in [0.717, 1.165) is 18.7 Å². The summed E-state index contributed by atoms with van der Waals surface area (Å²) in [6, 6.07) is 10.5. The molecule has 1 aliphatic heterocycles. The van der Waals surface area contributed by atoms with Crippen LogP contribution < -0.4 is 16.0 Å². The summed E-state index contributed by atoms with van der Waals surface area (Å²) in [4.78, 5) is 26.0. The van der Waals surface area contributed by atoms with Crippen molar-refractivity contribution >= 4 is 11.8 Å². The second-order valence-corrected chi connectivity index (χ2v) is 10.4. The van der Waals surface area contributed by atoms with Crippen LogP contribution in [0, 0.1) is 5.92 Å². The number of halogens is 6. The van der Waals surface area contributed by atoms with Gasteiger partial charge in [-0.25, -0.2) is 0 Å². The summed E-state index contributed by atoms with van der Waals surface area (Å²) in [5.41, 5.74) is -3.35. The van der Waals surface area contributed by atoms with E-state index in [1.54, 1.807) is 0 Å². The summed E-state index contributed by atoms with van der Waals surface area (Å²) in [6.45, 7) is 1.60. The van der Waals surface area contributed by atoms with E-state index >= 15 is 0 Å². The molecule has 1 heterocycles. The average Bonchev–Trinajstić information content (AvgIpc) is 2.92. The first kappa shape index (κ1) is 28.9. The molecule has 2 amide bonds. The first-order valence-electron chi connectivity index (χ1n) is 13.0. The van der Waals surface area contributed by atoms with Crippen molar-refractivity contribution in [2.45, 2.75) is 62.3 Å². The van der Waals surface area contributed by atoms with Crippen molar-refractivity contribution in [2.24, 2.45) is 5.92 Å². The predicted octanol–water partition coefficient (Wildman–Crippen LogP) is 5.45. The zero-order valence-corrected chi connectivity index (χ0v) is 21.2. The highest BCUT2D eigenvalue weighted by Crippen LogP contribution is 2.37. The summed E-state index contributed by atoms with van der Waals surface area (Å²) in [5, 5.41) is 9.01. The third kappa shape index (κ3) is 6.93. The standard InChI is InChI=1S/C28H31F6N3O2/c29-27(30,31)21-14-19(15-22(16-21)28(32,33)34)24(38)36-17-18-6-8-23(9-7-18)37-25(39)26(10-12-35-13-11-26)20-4-2-1-3-5-20/h1-5,14-16,18,23,35H,6-13,17H2,(H,36,38)(H,37,39)/t18-,23+. The summed E-state index contributed by atoms with van der Waals surface area (Å²) in [7, 11) is 0. The summed E-state index contributed by atoms with van der Waals surface area (Å²) < 4.78 is 78.7. The molecule has 1 saturated heterocycles. The number of piperidine rings is 1. The number of alkyl halides is 6. The van der Waals surface area contributed by atoms with Crippen molar-refractivity contribution in [3.63, 3.8) is 0 Å². The van der Waals surface area contributed by atoms with Gasteiger partial charge in [-0.05, 0) is 81.3 Å². The number of carbonyl (C=O) groups excluding carboxylic acids is 2. The topological polar surface area (TPSA) is 70.2 Å². The maximum Gasteiger partial charge on any atom is 0.416 e. The molecule has 212 valence electrons. The molecule has 2 aromatic carbocycles. The number of nitrogens with one attached hydrogen (secondary N) is 3. The predicted molar refractivity (Wildman–Crippen MR) is 133 cm³/mol. The van der Waals surface area contributed by atoms with Gasteiger partial charge in [0.05, 0.1) is 16.5 Å². The van der Waals surface area contributed by atoms with E-state index in [1.165, 1.54) is 0 Å². The molecule has 2 fully saturated rings. The van der Waals surface area contributed by atoms with Crippen molar-refractivity contribution in [3.8, 4) is 0 Å². The molecule has 0 bridgehead atoms. The number of amides is 2. The van der Waals surface area contributed by atoms with Gasteiger partial charge in [-0.3, -0.25) is 9.59 Å². The monoisotopic (exact) mass is 555 g/mol. The molecule has 2 aromatic rings. The molecule has 0 atom stereocenters. The zero-order chi connectivity index (χ0) is 28.3. The molecule has 1 saturated carbocycles. The average molecular weight is 556 g/mol. The van der Waals surface area contributed by atoms with Crippen LogP contribution in [0.15, 0.2) is 48.5 Å². The van der Waals surface area contributed by atoms with E-state index < -0.39 is 40.4 Å². The Balaban J connectivity index is 1.33. The maximum absolute atomic E-state index is 13.5. The molecule has 1 aliphatic carbocycles. The minimum atomic E-state index is -5.02. The fourth-order valence-corrected chi connectivity index (χ4v) is 5.52. The van der Waals surface area contributed by atoms with Crippen LogP contribution >= 0.6 is 0 Å². The van der Waals surface area contributed by atoms with E-state index in [0.29, 0.717) is 50.7 Å². The van der Waals surface area contributed by atoms with E-state index in [-0.39, 0.29) is 30.5 Å². The minimum absolute atomic E-state index is 0.00188. The molecule has 0 spiro atoms. The van der Waals surface area contributed by atoms with Gasteiger partial charge in [0.2, 0.25) is 5.91 Å². The van der Waals surface area contributed by atoms with Crippen molar-refractivity contribution in [1.82, 2.24) is 16.0 Å². The van der Waals surface area contributed by atoms with Gasteiger partial charge in [0.25, 0.3) is 5.91 Å². The number of carbonyl (C=O) groups is 2. The van der Waals surface area contributed by atoms with Gasteiger partial charge >= 0.3 is 12.4 Å². The normalized spacial score (nSPS) is 21.7. The first-order valence-corrected chi connectivity index (χ1v) is 13.0. The summed E-state index contributed by atoms with van der Waals surface area (Å²) >= 11 is 0. The lowest BCUT2D eigenvalue weighted by molar-refractivity contribution is -0.143. The molecule has 11 heteroatoms. The van der Waals surface area contributed by atoms with Gasteiger partial charge in [0.1, 0.15) is 0 Å². The molecule has 0 radical (unpaired) electrons. The van der Waals surface area contributed by atoms with Crippen LogP contribution in [0.1, 0.15) is 65.6 Å². The molecular formula is C28H31F6N3O2. The smallest absolute Gasteiger partial charge is 0.353 e. The molecule has 39 heavy (non-hydrogen) atoms. The van der Waals surface area contributed by atoms with Crippen LogP contribution in [0.4, 0.5) is 26.3 Å². The SMILES string of the molecule is O=C(NC[C@H]1CC[C@@H](NC(=O)C2(c3ccccc3)CCNCC2)CC1)c1cc(C(F)(F)F)cc(C(F)(F)F)c1. The highest BCUT2D eigenvalue weighted by molar-refractivity contribution is 5.94. The third-order valence-electron chi connectivity index (χ3n) is 7.80. The zero-order valence-electron chi connectivity index (χ0n) is 21.2. The van der Waals surface area contributed by atoms with Crippen molar-refractivity contribution in [2.75, 3.05) is 19.6 Å². The molecular weight excluding hydrogens is 524 g/mol. The lowest BCUT2D eigenvalue weighted by atomic mass is 9.72. The third-order valence-corrected chi connectivity index (χ3v) is 7.80. The van der Waals surface area contributed by atoms with Crippen LogP contribution in [0.5, 0.6) is 0 Å². The molecule has 5 nitrogen and oxygen atoms in total. The van der Waals surface area contributed by atoms with Crippen LogP contribution in [0.25, 0.3) is 0 Å². The Morgan fingerprint density at radius 1 is 0.846 bits per heavy atom. The molecule has 3 N–H and O–H groups in total. The van der Waals surface area contributed by atoms with Gasteiger partial charge in [-0.1, -0.05) is 30.3 Å². The lowest BCUT2D eigenvalue weighted by Crippen LogP contribution is -2.53. The first-order chi connectivity index (χ1) is 18.4. The Labute approximate surface area is 222 Å². The van der Waals surface area contributed by atoms with Crippen molar-refractivity contribution in [3.05, 3.63) is 70.8 Å². The second kappa shape index (κ2) is 11.6. The quantitative estimate of drug-likeness (QED) is 0.416. The van der Waals surface area contributed by atoms with E-state index in [2.05, 4.69) is 16.0 Å². The molecule has 0 unspecified atom stereocenters. The number of hydrogen-bond acceptors (Lipinski definition) is 3. The van der Waals surface area contributed by atoms with Gasteiger partial charge in [0.15, 0.2) is 0 Å². The van der Waals surface area contributed by atoms with Gasteiger partial charge in [-0.15, -0.1) is 0 Å². The highest BCUT2D eigenvalue weighted by atomic mass is 19.4. The molecule has 0 aromatic heterocycles. The minimum Gasteiger partial charge on any atom is -0.353 e. The Morgan fingerprint density at radius 3 is 1.95 bits per heavy atom. The van der Waals surface area contributed by atoms with Crippen molar-refractivity contribution in [1.29, 1.82) is 0 Å². The van der Waals surface area contributed by atoms with E-state index in [4.69, 9.17) is 0 Å². The van der Waals surface area contributed by atoms with E-state index in [1.807, 2.05) is 30.3 Å². The number of hydrogen-bond donors (Lipinski definition) is 3. The Hall–Kier alpha value is -3.08. The fourth-order valence-electron chi connectivity index (χ4n) is 5.52. The van der Waals surface area contributed by atoms with Gasteiger partial charge < -0.3 is 16.0 Å². The summed E-state index contributed by atoms with van der Waals surface area (Å²) in [5.74, 6) is -0.994. The van der Waals surface area contributed by atoms with Crippen LogP contribution in [-0.4, -0.2) is 37.5 Å². The maximum atomic E-state index is 13.5. The van der Waals surface area contributed by atoms with Gasteiger partial charge in [0, 0.05) is 18.2 Å². The fraction of sp³-hybridized carbons (Fsp3) is 0.500. The lowest BCUT2D eigenvalue weighted by Gasteiger charge is -2.39. The van der Waals surface area contributed by atoms with E-state index in [9.17, 15) is 35.9 Å². The van der Waals surface area contributed by atoms with Crippen LogP contribution in [0.3, 0.4) is 0 Å². The van der Waals surface area contributed by atoms with Crippen LogP contribution in [0.2, 0.25) is 0 Å².